The zero-order valence-corrected chi connectivity index (χ0v) is 9.40. The second-order valence-corrected chi connectivity index (χ2v) is 4.38. The average Bonchev–Trinajstić information content (AvgIpc) is 2.65. The van der Waals surface area contributed by atoms with Crippen LogP contribution in [0.4, 0.5) is 0 Å². The van der Waals surface area contributed by atoms with E-state index in [0.29, 0.717) is 12.6 Å². The quantitative estimate of drug-likeness (QED) is 0.740. The third-order valence-electron chi connectivity index (χ3n) is 3.42. The van der Waals surface area contributed by atoms with Gasteiger partial charge in [0, 0.05) is 6.04 Å². The molecule has 3 nitrogen and oxygen atoms in total. The first kappa shape index (κ1) is 11.8. The van der Waals surface area contributed by atoms with Crippen molar-refractivity contribution in [3.63, 3.8) is 0 Å². The molecule has 0 aliphatic heterocycles. The zero-order chi connectivity index (χ0) is 9.26. The molecule has 82 valence electrons. The van der Waals surface area contributed by atoms with E-state index in [9.17, 15) is 4.79 Å². The van der Waals surface area contributed by atoms with Gasteiger partial charge < -0.3 is 10.6 Å². The van der Waals surface area contributed by atoms with Crippen LogP contribution in [-0.2, 0) is 4.79 Å². The maximum Gasteiger partial charge on any atom is 0.234 e. The van der Waals surface area contributed by atoms with E-state index in [0.717, 1.165) is 11.8 Å². The first-order valence-electron chi connectivity index (χ1n) is 5.23. The Bertz CT molecular complexity index is 210. The molecule has 0 saturated heterocycles. The number of hydrogen-bond acceptors (Lipinski definition) is 2. The Morgan fingerprint density at radius 2 is 2.14 bits per heavy atom. The minimum atomic E-state index is 0. The van der Waals surface area contributed by atoms with Crippen LogP contribution in [0.5, 0.6) is 0 Å². The van der Waals surface area contributed by atoms with Crippen LogP contribution in [0.2, 0.25) is 0 Å². The van der Waals surface area contributed by atoms with Gasteiger partial charge in [0.1, 0.15) is 0 Å². The largest absolute Gasteiger partial charge is 0.352 e. The molecular formula is C10H19ClN2O. The van der Waals surface area contributed by atoms with Gasteiger partial charge in [-0.3, -0.25) is 4.79 Å². The molecule has 3 atom stereocenters. The molecule has 0 heterocycles. The summed E-state index contributed by atoms with van der Waals surface area (Å²) >= 11 is 0. The van der Waals surface area contributed by atoms with Crippen LogP contribution in [0.1, 0.15) is 25.7 Å². The lowest BCUT2D eigenvalue weighted by Gasteiger charge is -2.22. The Balaban J connectivity index is 0.000000980. The van der Waals surface area contributed by atoms with Crippen molar-refractivity contribution in [2.45, 2.75) is 31.7 Å². The zero-order valence-electron chi connectivity index (χ0n) is 8.58. The molecule has 2 aliphatic rings. The van der Waals surface area contributed by atoms with Crippen LogP contribution in [-0.4, -0.2) is 25.5 Å². The third kappa shape index (κ3) is 2.39. The Morgan fingerprint density at radius 3 is 2.64 bits per heavy atom. The fraction of sp³-hybridized carbons (Fsp3) is 0.900. The van der Waals surface area contributed by atoms with Crippen LogP contribution in [0.15, 0.2) is 0 Å². The highest BCUT2D eigenvalue weighted by Gasteiger charge is 2.39. The predicted molar refractivity (Wildman–Crippen MR) is 58.6 cm³/mol. The van der Waals surface area contributed by atoms with Crippen molar-refractivity contribution >= 4 is 18.3 Å². The van der Waals surface area contributed by atoms with Gasteiger partial charge in [-0.15, -0.1) is 12.4 Å². The number of nitrogens with one attached hydrogen (secondary N) is 2. The van der Waals surface area contributed by atoms with E-state index in [-0.39, 0.29) is 18.3 Å². The van der Waals surface area contributed by atoms with Crippen LogP contribution in [0.25, 0.3) is 0 Å². The number of fused-ring (bicyclic) bond motifs is 2. The molecule has 1 amide bonds. The maximum atomic E-state index is 11.3. The summed E-state index contributed by atoms with van der Waals surface area (Å²) in [7, 11) is 1.81. The van der Waals surface area contributed by atoms with E-state index in [1.54, 1.807) is 7.05 Å². The average molecular weight is 219 g/mol. The maximum absolute atomic E-state index is 11.3. The fourth-order valence-electron chi connectivity index (χ4n) is 2.84. The van der Waals surface area contributed by atoms with E-state index < -0.39 is 0 Å². The van der Waals surface area contributed by atoms with Crippen LogP contribution in [0, 0.1) is 11.8 Å². The molecule has 2 saturated carbocycles. The molecule has 2 bridgehead atoms. The molecule has 3 unspecified atom stereocenters. The number of rotatable bonds is 3. The number of amides is 1. The molecule has 2 aliphatic carbocycles. The smallest absolute Gasteiger partial charge is 0.234 e. The Kier molecular flexibility index (Phi) is 4.20. The van der Waals surface area contributed by atoms with Gasteiger partial charge >= 0.3 is 0 Å². The summed E-state index contributed by atoms with van der Waals surface area (Å²) in [6.07, 6.45) is 5.29. The Hall–Kier alpha value is -0.280. The van der Waals surface area contributed by atoms with Gasteiger partial charge in [0.2, 0.25) is 5.91 Å². The Labute approximate surface area is 91.4 Å². The monoisotopic (exact) mass is 218 g/mol. The highest BCUT2D eigenvalue weighted by Crippen LogP contribution is 2.44. The van der Waals surface area contributed by atoms with Gasteiger partial charge in [0.15, 0.2) is 0 Å². The number of hydrogen-bond donors (Lipinski definition) is 2. The minimum Gasteiger partial charge on any atom is -0.352 e. The molecule has 0 aromatic carbocycles. The Morgan fingerprint density at radius 1 is 1.36 bits per heavy atom. The molecule has 2 fully saturated rings. The number of halogens is 1. The van der Waals surface area contributed by atoms with Crippen LogP contribution < -0.4 is 10.6 Å². The normalized spacial score (nSPS) is 33.9. The van der Waals surface area contributed by atoms with Gasteiger partial charge in [-0.2, -0.15) is 0 Å². The molecule has 0 aromatic heterocycles. The molecule has 2 N–H and O–H groups in total. The molecule has 0 radical (unpaired) electrons. The van der Waals surface area contributed by atoms with E-state index >= 15 is 0 Å². The van der Waals surface area contributed by atoms with Crippen molar-refractivity contribution in [1.29, 1.82) is 0 Å². The van der Waals surface area contributed by atoms with Gasteiger partial charge in [0.25, 0.3) is 0 Å². The van der Waals surface area contributed by atoms with Crippen LogP contribution >= 0.6 is 12.4 Å². The molecule has 2 rings (SSSR count). The van der Waals surface area contributed by atoms with E-state index in [4.69, 9.17) is 0 Å². The SMILES string of the molecule is CNCC(=O)NC1CC2CCC1C2.Cl. The van der Waals surface area contributed by atoms with Crippen molar-refractivity contribution in [3.05, 3.63) is 0 Å². The summed E-state index contributed by atoms with van der Waals surface area (Å²) in [5, 5.41) is 5.98. The second kappa shape index (κ2) is 4.99. The highest BCUT2D eigenvalue weighted by atomic mass is 35.5. The van der Waals surface area contributed by atoms with E-state index in [1.165, 1.54) is 25.7 Å². The van der Waals surface area contributed by atoms with Crippen molar-refractivity contribution in [2.24, 2.45) is 11.8 Å². The minimum absolute atomic E-state index is 0. The van der Waals surface area contributed by atoms with E-state index in [1.807, 2.05) is 0 Å². The summed E-state index contributed by atoms with van der Waals surface area (Å²) in [6, 6.07) is 0.486. The van der Waals surface area contributed by atoms with Crippen LogP contribution in [0.3, 0.4) is 0 Å². The lowest BCUT2D eigenvalue weighted by atomic mass is 9.95. The van der Waals surface area contributed by atoms with Gasteiger partial charge in [-0.25, -0.2) is 0 Å². The number of likely N-dealkylation sites (N-methyl/N-ethyl adjacent to an activating group) is 1. The van der Waals surface area contributed by atoms with Crippen molar-refractivity contribution in [1.82, 2.24) is 10.6 Å². The van der Waals surface area contributed by atoms with Crippen molar-refractivity contribution in [2.75, 3.05) is 13.6 Å². The first-order chi connectivity index (χ1) is 6.29. The number of carbonyl (C=O) groups is 1. The fourth-order valence-corrected chi connectivity index (χ4v) is 2.84. The lowest BCUT2D eigenvalue weighted by Crippen LogP contribution is -2.42. The number of carbonyl (C=O) groups excluding carboxylic acids is 1. The first-order valence-corrected chi connectivity index (χ1v) is 5.23. The summed E-state index contributed by atoms with van der Waals surface area (Å²) in [4.78, 5) is 11.3. The topological polar surface area (TPSA) is 41.1 Å². The van der Waals surface area contributed by atoms with Crippen molar-refractivity contribution < 1.29 is 4.79 Å². The van der Waals surface area contributed by atoms with Gasteiger partial charge in [-0.05, 0) is 38.1 Å². The van der Waals surface area contributed by atoms with Crippen molar-refractivity contribution in [3.8, 4) is 0 Å². The van der Waals surface area contributed by atoms with Gasteiger partial charge in [-0.1, -0.05) is 6.42 Å². The molecule has 0 spiro atoms. The van der Waals surface area contributed by atoms with E-state index in [2.05, 4.69) is 10.6 Å². The van der Waals surface area contributed by atoms with Gasteiger partial charge in [0.05, 0.1) is 6.54 Å². The molecule has 0 aromatic rings. The molecular weight excluding hydrogens is 200 g/mol. The molecule has 4 heteroatoms. The summed E-state index contributed by atoms with van der Waals surface area (Å²) in [5.74, 6) is 1.84. The summed E-state index contributed by atoms with van der Waals surface area (Å²) in [6.45, 7) is 0.452. The highest BCUT2D eigenvalue weighted by molar-refractivity contribution is 5.85. The standard InChI is InChI=1S/C10H18N2O.ClH/c1-11-6-10(13)12-9-5-7-2-3-8(9)4-7;/h7-9,11H,2-6H2,1H3,(H,12,13);1H. The lowest BCUT2D eigenvalue weighted by molar-refractivity contribution is -0.121. The molecule has 14 heavy (non-hydrogen) atoms. The summed E-state index contributed by atoms with van der Waals surface area (Å²) in [5.41, 5.74) is 0. The second-order valence-electron chi connectivity index (χ2n) is 4.38. The summed E-state index contributed by atoms with van der Waals surface area (Å²) < 4.78 is 0. The predicted octanol–water partition coefficient (Wildman–Crippen LogP) is 0.932. The third-order valence-corrected chi connectivity index (χ3v) is 3.42.